The normalized spacial score (nSPS) is 17.4. The number of hydrogen-bond acceptors (Lipinski definition) is 5. The molecule has 1 aliphatic carbocycles. The highest BCUT2D eigenvalue weighted by Gasteiger charge is 2.27. The van der Waals surface area contributed by atoms with E-state index in [0.717, 1.165) is 18.4 Å². The Morgan fingerprint density at radius 1 is 1.12 bits per heavy atom. The molecular weight excluding hydrogens is 440 g/mol. The molecule has 33 heavy (non-hydrogen) atoms. The van der Waals surface area contributed by atoms with Crippen LogP contribution >= 0.6 is 0 Å². The first kappa shape index (κ1) is 23.7. The van der Waals surface area contributed by atoms with E-state index in [1.54, 1.807) is 25.3 Å². The molecule has 2 aromatic carbocycles. The largest absolute Gasteiger partial charge is 0.496 e. The van der Waals surface area contributed by atoms with Gasteiger partial charge in [0.1, 0.15) is 5.75 Å². The Kier molecular flexibility index (Phi) is 7.36. The topological polar surface area (TPSA) is 84.9 Å². The van der Waals surface area contributed by atoms with Crippen molar-refractivity contribution in [1.29, 1.82) is 0 Å². The fraction of sp³-hybridized carbons (Fsp3) is 0.480. The van der Waals surface area contributed by atoms with E-state index in [9.17, 15) is 13.2 Å². The lowest BCUT2D eigenvalue weighted by atomic mass is 10.0. The van der Waals surface area contributed by atoms with Gasteiger partial charge in [0.25, 0.3) is 0 Å². The maximum atomic E-state index is 13.0. The number of amides is 1. The Morgan fingerprint density at radius 3 is 2.64 bits per heavy atom. The number of sulfonamides is 1. The Bertz CT molecular complexity index is 1110. The first-order valence-electron chi connectivity index (χ1n) is 11.5. The summed E-state index contributed by atoms with van der Waals surface area (Å²) in [5, 5.41) is 3.07. The lowest BCUT2D eigenvalue weighted by molar-refractivity contribution is -0.121. The minimum atomic E-state index is -3.61. The Balaban J connectivity index is 1.41. The molecule has 1 N–H and O–H groups in total. The summed E-state index contributed by atoms with van der Waals surface area (Å²) in [4.78, 5) is 12.9. The predicted molar refractivity (Wildman–Crippen MR) is 126 cm³/mol. The van der Waals surface area contributed by atoms with E-state index in [4.69, 9.17) is 9.47 Å². The molecule has 4 rings (SSSR count). The number of rotatable bonds is 8. The first-order valence-corrected chi connectivity index (χ1v) is 13.0. The third-order valence-corrected chi connectivity index (χ3v) is 8.38. The second-order valence-corrected chi connectivity index (χ2v) is 10.6. The van der Waals surface area contributed by atoms with Gasteiger partial charge in [-0.1, -0.05) is 18.2 Å². The highest BCUT2D eigenvalue weighted by Crippen LogP contribution is 2.27. The third-order valence-electron chi connectivity index (χ3n) is 6.48. The summed E-state index contributed by atoms with van der Waals surface area (Å²) in [6.45, 7) is 3.46. The van der Waals surface area contributed by atoms with Crippen LogP contribution in [0.15, 0.2) is 41.3 Å². The van der Waals surface area contributed by atoms with Crippen molar-refractivity contribution in [2.45, 2.75) is 50.0 Å². The summed E-state index contributed by atoms with van der Waals surface area (Å²) in [5.74, 6) is 0.502. The van der Waals surface area contributed by atoms with Crippen LogP contribution in [0, 0.1) is 0 Å². The molecule has 0 unspecified atom stereocenters. The van der Waals surface area contributed by atoms with Crippen LogP contribution in [0.25, 0.3) is 0 Å². The van der Waals surface area contributed by atoms with E-state index in [1.165, 1.54) is 21.9 Å². The van der Waals surface area contributed by atoms with Gasteiger partial charge in [-0.15, -0.1) is 0 Å². The lowest BCUT2D eigenvalue weighted by Gasteiger charge is -2.26. The number of aryl methyl sites for hydroxylation is 3. The summed E-state index contributed by atoms with van der Waals surface area (Å²) in [6, 6.07) is 11.2. The van der Waals surface area contributed by atoms with Crippen molar-refractivity contribution in [2.24, 2.45) is 0 Å². The molecule has 1 aliphatic heterocycles. The second kappa shape index (κ2) is 10.2. The van der Waals surface area contributed by atoms with Crippen molar-refractivity contribution in [2.75, 3.05) is 33.4 Å². The van der Waals surface area contributed by atoms with Crippen LogP contribution in [0.1, 0.15) is 48.1 Å². The van der Waals surface area contributed by atoms with Crippen molar-refractivity contribution in [1.82, 2.24) is 9.62 Å². The number of carbonyl (C=O) groups is 1. The van der Waals surface area contributed by atoms with Gasteiger partial charge in [-0.3, -0.25) is 4.79 Å². The van der Waals surface area contributed by atoms with Crippen LogP contribution in [0.4, 0.5) is 0 Å². The van der Waals surface area contributed by atoms with Crippen LogP contribution in [0.5, 0.6) is 5.75 Å². The van der Waals surface area contributed by atoms with Gasteiger partial charge < -0.3 is 14.8 Å². The number of benzene rings is 2. The van der Waals surface area contributed by atoms with Crippen molar-refractivity contribution in [3.8, 4) is 5.75 Å². The number of hydrogen-bond donors (Lipinski definition) is 1. The van der Waals surface area contributed by atoms with Crippen LogP contribution in [0.3, 0.4) is 0 Å². The summed E-state index contributed by atoms with van der Waals surface area (Å²) >= 11 is 0. The van der Waals surface area contributed by atoms with E-state index < -0.39 is 10.0 Å². The smallest absolute Gasteiger partial charge is 0.243 e. The summed E-state index contributed by atoms with van der Waals surface area (Å²) in [5.41, 5.74) is 4.61. The molecule has 0 spiro atoms. The van der Waals surface area contributed by atoms with Crippen LogP contribution in [-0.4, -0.2) is 52.0 Å². The molecule has 0 radical (unpaired) electrons. The molecule has 2 aliphatic rings. The number of nitrogens with one attached hydrogen (secondary N) is 1. The quantitative estimate of drug-likeness (QED) is 0.638. The molecular formula is C25H32N2O5S. The highest BCUT2D eigenvalue weighted by atomic mass is 32.2. The number of carbonyl (C=O) groups excluding carboxylic acids is 1. The fourth-order valence-corrected chi connectivity index (χ4v) is 6.01. The zero-order valence-electron chi connectivity index (χ0n) is 19.3. The van der Waals surface area contributed by atoms with Gasteiger partial charge in [0.2, 0.25) is 15.9 Å². The molecule has 0 saturated carbocycles. The number of ether oxygens (including phenoxy) is 2. The Labute approximate surface area is 196 Å². The minimum Gasteiger partial charge on any atom is -0.496 e. The molecule has 178 valence electrons. The Morgan fingerprint density at radius 2 is 1.88 bits per heavy atom. The highest BCUT2D eigenvalue weighted by molar-refractivity contribution is 7.89. The van der Waals surface area contributed by atoms with E-state index in [1.807, 2.05) is 6.92 Å². The molecule has 2 aromatic rings. The van der Waals surface area contributed by atoms with E-state index in [0.29, 0.717) is 44.0 Å². The zero-order chi connectivity index (χ0) is 23.4. The fourth-order valence-electron chi connectivity index (χ4n) is 4.55. The van der Waals surface area contributed by atoms with Gasteiger partial charge >= 0.3 is 0 Å². The molecule has 7 nitrogen and oxygen atoms in total. The molecule has 1 atom stereocenters. The molecule has 1 saturated heterocycles. The summed E-state index contributed by atoms with van der Waals surface area (Å²) < 4.78 is 38.2. The van der Waals surface area contributed by atoms with Gasteiger partial charge in [0, 0.05) is 19.5 Å². The maximum Gasteiger partial charge on any atom is 0.243 e. The average Bonchev–Trinajstić information content (AvgIpc) is 3.31. The molecule has 0 aromatic heterocycles. The van der Waals surface area contributed by atoms with Crippen LogP contribution < -0.4 is 10.1 Å². The molecule has 1 amide bonds. The summed E-state index contributed by atoms with van der Waals surface area (Å²) in [7, 11) is -2.06. The second-order valence-electron chi connectivity index (χ2n) is 8.66. The van der Waals surface area contributed by atoms with Gasteiger partial charge in [-0.25, -0.2) is 8.42 Å². The van der Waals surface area contributed by atoms with Gasteiger partial charge in [0.15, 0.2) is 0 Å². The molecule has 0 bridgehead atoms. The van der Waals surface area contributed by atoms with Gasteiger partial charge in [-0.05, 0) is 73.1 Å². The number of nitrogens with zero attached hydrogens (tertiary/aromatic N) is 1. The SMILES string of the molecule is COc1ccc(S(=O)(=O)N2CCOCC2)cc1CCC(=O)N[C@H](C)c1ccc2c(c1)CCC2. The zero-order valence-corrected chi connectivity index (χ0v) is 20.1. The molecule has 1 heterocycles. The molecule has 8 heteroatoms. The first-order chi connectivity index (χ1) is 15.9. The minimum absolute atomic E-state index is 0.0773. The van der Waals surface area contributed by atoms with Crippen LogP contribution in [0.2, 0.25) is 0 Å². The van der Waals surface area contributed by atoms with E-state index in [2.05, 4.69) is 23.5 Å². The third kappa shape index (κ3) is 5.39. The van der Waals surface area contributed by atoms with Crippen molar-refractivity contribution in [3.05, 3.63) is 58.7 Å². The average molecular weight is 473 g/mol. The van der Waals surface area contributed by atoms with Crippen molar-refractivity contribution >= 4 is 15.9 Å². The monoisotopic (exact) mass is 472 g/mol. The standard InChI is InChI=1S/C25H32N2O5S/c1-18(20-7-6-19-4-3-5-21(19)16-20)26-25(28)11-8-22-17-23(9-10-24(22)31-2)33(29,30)27-12-14-32-15-13-27/h6-7,9-10,16-18H,3-5,8,11-15H2,1-2H3,(H,26,28)/t18-/m1/s1. The molecule has 1 fully saturated rings. The number of morpholine rings is 1. The van der Waals surface area contributed by atoms with Crippen molar-refractivity contribution in [3.63, 3.8) is 0 Å². The number of methoxy groups -OCH3 is 1. The maximum absolute atomic E-state index is 13.0. The van der Waals surface area contributed by atoms with E-state index >= 15 is 0 Å². The van der Waals surface area contributed by atoms with Crippen molar-refractivity contribution < 1.29 is 22.7 Å². The number of fused-ring (bicyclic) bond motifs is 1. The van der Waals surface area contributed by atoms with Gasteiger partial charge in [-0.2, -0.15) is 4.31 Å². The lowest BCUT2D eigenvalue weighted by Crippen LogP contribution is -2.40. The summed E-state index contributed by atoms with van der Waals surface area (Å²) in [6.07, 6.45) is 4.07. The predicted octanol–water partition coefficient (Wildman–Crippen LogP) is 3.01. The van der Waals surface area contributed by atoms with Gasteiger partial charge in [0.05, 0.1) is 31.3 Å². The van der Waals surface area contributed by atoms with Crippen LogP contribution in [-0.2, 0) is 38.8 Å². The van der Waals surface area contributed by atoms with E-state index in [-0.39, 0.29) is 23.3 Å². The Hall–Kier alpha value is -2.42.